The molecule has 0 aliphatic carbocycles. The number of carboxylic acid groups (broad SMARTS) is 2. The Bertz CT molecular complexity index is 869. The first kappa shape index (κ1) is 24.5. The molecule has 1 unspecified atom stereocenters. The number of likely N-dealkylation sites (N-methyl/N-ethyl adjacent to an activating group) is 2. The summed E-state index contributed by atoms with van der Waals surface area (Å²) < 4.78 is 0. The Kier molecular flexibility index (Phi) is 9.11. The summed E-state index contributed by atoms with van der Waals surface area (Å²) in [5, 5.41) is 18.8. The van der Waals surface area contributed by atoms with Gasteiger partial charge in [-0.2, -0.15) is 0 Å². The van der Waals surface area contributed by atoms with Crippen LogP contribution in [-0.2, 0) is 9.59 Å². The van der Waals surface area contributed by atoms with Crippen molar-refractivity contribution in [2.45, 2.75) is 15.8 Å². The van der Waals surface area contributed by atoms with Crippen molar-refractivity contribution < 1.29 is 19.8 Å². The van der Waals surface area contributed by atoms with Gasteiger partial charge in [0, 0.05) is 28.9 Å². The number of rotatable bonds is 7. The van der Waals surface area contributed by atoms with Crippen LogP contribution in [0.3, 0.4) is 0 Å². The third-order valence-corrected chi connectivity index (χ3v) is 5.72. The second kappa shape index (κ2) is 11.5. The Hall–Kier alpha value is -2.81. The molecule has 2 aromatic rings. The molecule has 0 radical (unpaired) electrons. The van der Waals surface area contributed by atoms with E-state index in [4.69, 9.17) is 0 Å². The lowest BCUT2D eigenvalue weighted by atomic mass is 10.1. The van der Waals surface area contributed by atoms with Crippen molar-refractivity contribution >= 4 is 35.1 Å². The molecule has 0 N–H and O–H groups in total. The van der Waals surface area contributed by atoms with Crippen LogP contribution in [0, 0.1) is 0 Å². The molecular weight excluding hydrogens is 414 g/mol. The standard InChI is InChI=1S/C19H25N3S.C4H4O4/c1-20(2)13-15(21(3)4)14-22-16-9-5-7-11-18(16)23-19-12-8-6-10-17(19)22;5-3(6)1-2-4(7)8/h5-12,15H,13-14H2,1-4H3;1-2H,(H,5,6)(H,7,8)/p-2. The lowest BCUT2D eigenvalue weighted by Crippen LogP contribution is -2.45. The quantitative estimate of drug-likeness (QED) is 0.584. The number of nitrogens with zero attached hydrogens (tertiary/aromatic N) is 3. The Morgan fingerprint density at radius 2 is 1.35 bits per heavy atom. The van der Waals surface area contributed by atoms with Crippen LogP contribution >= 0.6 is 11.8 Å². The average Bonchev–Trinajstić information content (AvgIpc) is 2.71. The van der Waals surface area contributed by atoms with Gasteiger partial charge in [0.15, 0.2) is 0 Å². The predicted octanol–water partition coefficient (Wildman–Crippen LogP) is 0.824. The number of carboxylic acids is 2. The molecule has 2 aromatic carbocycles. The van der Waals surface area contributed by atoms with Gasteiger partial charge in [0.1, 0.15) is 0 Å². The van der Waals surface area contributed by atoms with Crippen molar-refractivity contribution in [3.63, 3.8) is 0 Å². The first-order valence-corrected chi connectivity index (χ1v) is 10.5. The number of hydrogen-bond donors (Lipinski definition) is 0. The third kappa shape index (κ3) is 7.43. The van der Waals surface area contributed by atoms with Gasteiger partial charge in [0.05, 0.1) is 23.3 Å². The van der Waals surface area contributed by atoms with Gasteiger partial charge in [0.2, 0.25) is 0 Å². The van der Waals surface area contributed by atoms with Crippen molar-refractivity contribution in [3.8, 4) is 0 Å². The van der Waals surface area contributed by atoms with E-state index < -0.39 is 11.9 Å². The fraction of sp³-hybridized carbons (Fsp3) is 0.304. The Balaban J connectivity index is 0.000000366. The maximum atomic E-state index is 9.41. The SMILES string of the molecule is CN(C)CC(CN1c2ccccc2Sc2ccccc21)N(C)C.O=C([O-])C=CC(=O)[O-]. The summed E-state index contributed by atoms with van der Waals surface area (Å²) >= 11 is 1.87. The summed E-state index contributed by atoms with van der Waals surface area (Å²) in [6, 6.07) is 17.9. The molecule has 31 heavy (non-hydrogen) atoms. The minimum atomic E-state index is -1.55. The summed E-state index contributed by atoms with van der Waals surface area (Å²) in [4.78, 5) is 28.6. The zero-order chi connectivity index (χ0) is 23.0. The molecule has 0 fully saturated rings. The molecule has 1 aliphatic rings. The highest BCUT2D eigenvalue weighted by molar-refractivity contribution is 7.99. The van der Waals surface area contributed by atoms with E-state index in [0.29, 0.717) is 18.2 Å². The number of fused-ring (bicyclic) bond motifs is 2. The zero-order valence-corrected chi connectivity index (χ0v) is 19.0. The highest BCUT2D eigenvalue weighted by Gasteiger charge is 2.26. The van der Waals surface area contributed by atoms with E-state index in [9.17, 15) is 19.8 Å². The molecule has 8 heteroatoms. The van der Waals surface area contributed by atoms with Gasteiger partial charge in [-0.3, -0.25) is 0 Å². The number of carbonyl (C=O) groups is 2. The smallest absolute Gasteiger partial charge is 0.0643 e. The number of hydrogen-bond acceptors (Lipinski definition) is 8. The molecule has 0 saturated heterocycles. The molecule has 0 aromatic heterocycles. The van der Waals surface area contributed by atoms with Crippen LogP contribution in [0.2, 0.25) is 0 Å². The van der Waals surface area contributed by atoms with Crippen molar-refractivity contribution in [2.75, 3.05) is 46.2 Å². The first-order chi connectivity index (χ1) is 14.7. The van der Waals surface area contributed by atoms with Crippen LogP contribution in [0.15, 0.2) is 70.5 Å². The van der Waals surface area contributed by atoms with E-state index in [-0.39, 0.29) is 0 Å². The van der Waals surface area contributed by atoms with Gasteiger partial charge >= 0.3 is 0 Å². The van der Waals surface area contributed by atoms with Crippen molar-refractivity contribution in [1.29, 1.82) is 0 Å². The number of benzene rings is 2. The minimum absolute atomic E-state index is 0.384. The van der Waals surface area contributed by atoms with Gasteiger partial charge in [-0.15, -0.1) is 0 Å². The van der Waals surface area contributed by atoms with Crippen LogP contribution in [0.4, 0.5) is 11.4 Å². The normalized spacial score (nSPS) is 13.4. The van der Waals surface area contributed by atoms with Crippen LogP contribution in [0.1, 0.15) is 0 Å². The third-order valence-electron chi connectivity index (χ3n) is 4.59. The highest BCUT2D eigenvalue weighted by atomic mass is 32.2. The van der Waals surface area contributed by atoms with Gasteiger partial charge in [-0.05, 0) is 64.6 Å². The average molecular weight is 442 g/mol. The van der Waals surface area contributed by atoms with E-state index in [1.165, 1.54) is 21.2 Å². The molecule has 3 rings (SSSR count). The van der Waals surface area contributed by atoms with E-state index >= 15 is 0 Å². The maximum absolute atomic E-state index is 9.41. The van der Waals surface area contributed by atoms with Crippen LogP contribution in [0.5, 0.6) is 0 Å². The van der Waals surface area contributed by atoms with E-state index in [2.05, 4.69) is 91.4 Å². The van der Waals surface area contributed by atoms with Crippen LogP contribution in [0.25, 0.3) is 0 Å². The van der Waals surface area contributed by atoms with Crippen molar-refractivity contribution in [2.24, 2.45) is 0 Å². The van der Waals surface area contributed by atoms with E-state index in [1.54, 1.807) is 0 Å². The second-order valence-corrected chi connectivity index (χ2v) is 8.58. The maximum Gasteiger partial charge on any atom is 0.0643 e. The monoisotopic (exact) mass is 441 g/mol. The van der Waals surface area contributed by atoms with Crippen molar-refractivity contribution in [1.82, 2.24) is 9.80 Å². The summed E-state index contributed by atoms with van der Waals surface area (Å²) in [5.74, 6) is -3.09. The molecule has 7 nitrogen and oxygen atoms in total. The topological polar surface area (TPSA) is 90.0 Å². The Morgan fingerprint density at radius 3 is 1.74 bits per heavy atom. The lowest BCUT2D eigenvalue weighted by Gasteiger charge is -2.38. The van der Waals surface area contributed by atoms with E-state index in [0.717, 1.165) is 13.1 Å². The summed E-state index contributed by atoms with van der Waals surface area (Å²) in [6.45, 7) is 2.03. The van der Waals surface area contributed by atoms with Crippen LogP contribution in [-0.4, -0.2) is 69.1 Å². The summed E-state index contributed by atoms with van der Waals surface area (Å²) in [7, 11) is 8.63. The molecule has 1 atom stereocenters. The highest BCUT2D eigenvalue weighted by Crippen LogP contribution is 2.47. The fourth-order valence-corrected chi connectivity index (χ4v) is 4.23. The number of anilines is 2. The lowest BCUT2D eigenvalue weighted by molar-refractivity contribution is -0.301. The zero-order valence-electron chi connectivity index (χ0n) is 18.1. The van der Waals surface area contributed by atoms with Gasteiger partial charge in [-0.1, -0.05) is 36.0 Å². The molecule has 166 valence electrons. The molecule has 0 bridgehead atoms. The largest absolute Gasteiger partial charge is 0.545 e. The predicted molar refractivity (Wildman–Crippen MR) is 119 cm³/mol. The van der Waals surface area contributed by atoms with E-state index in [1.807, 2.05) is 11.8 Å². The minimum Gasteiger partial charge on any atom is -0.545 e. The van der Waals surface area contributed by atoms with Crippen molar-refractivity contribution in [3.05, 3.63) is 60.7 Å². The molecule has 1 aliphatic heterocycles. The number of carbonyl (C=O) groups excluding carboxylic acids is 2. The molecule has 0 saturated carbocycles. The summed E-state index contributed by atoms with van der Waals surface area (Å²) in [6.07, 6.45) is 0.769. The fourth-order valence-electron chi connectivity index (χ4n) is 3.13. The molecule has 0 spiro atoms. The van der Waals surface area contributed by atoms with Crippen LogP contribution < -0.4 is 15.1 Å². The number of para-hydroxylation sites is 2. The molecule has 1 heterocycles. The van der Waals surface area contributed by atoms with Gasteiger partial charge < -0.3 is 34.5 Å². The number of aliphatic carboxylic acids is 2. The van der Waals surface area contributed by atoms with Gasteiger partial charge in [0.25, 0.3) is 0 Å². The Morgan fingerprint density at radius 1 is 0.903 bits per heavy atom. The first-order valence-electron chi connectivity index (χ1n) is 9.73. The Labute approximate surface area is 187 Å². The van der Waals surface area contributed by atoms with Gasteiger partial charge in [-0.25, -0.2) is 0 Å². The molecule has 0 amide bonds. The summed E-state index contributed by atoms with van der Waals surface area (Å²) in [5.41, 5.74) is 2.64. The molecular formula is C23H27N3O4S-2. The second-order valence-electron chi connectivity index (χ2n) is 7.50.